The highest BCUT2D eigenvalue weighted by Gasteiger charge is 2.28. The van der Waals surface area contributed by atoms with Gasteiger partial charge in [-0.25, -0.2) is 13.4 Å². The number of aromatic nitrogens is 1. The van der Waals surface area contributed by atoms with Gasteiger partial charge in [0.15, 0.2) is 0 Å². The minimum absolute atomic E-state index is 0.355. The van der Waals surface area contributed by atoms with Gasteiger partial charge in [0.25, 0.3) is 0 Å². The Hall–Kier alpha value is -2.44. The molecule has 0 N–H and O–H groups in total. The fraction of sp³-hybridized carbons (Fsp3) is 0.250. The van der Waals surface area contributed by atoms with Crippen molar-refractivity contribution in [2.24, 2.45) is 0 Å². The van der Waals surface area contributed by atoms with Gasteiger partial charge in [0.05, 0.1) is 10.4 Å². The monoisotopic (exact) mass is 367 g/mol. The van der Waals surface area contributed by atoms with Gasteiger partial charge in [0.1, 0.15) is 5.82 Å². The van der Waals surface area contributed by atoms with Crippen LogP contribution in [0.3, 0.4) is 0 Å². The minimum Gasteiger partial charge on any atom is -0.354 e. The topological polar surface area (TPSA) is 53.5 Å². The summed E-state index contributed by atoms with van der Waals surface area (Å²) in [6.45, 7) is 4.28. The van der Waals surface area contributed by atoms with E-state index in [9.17, 15) is 8.42 Å². The summed E-state index contributed by atoms with van der Waals surface area (Å²) in [4.78, 5) is 7.28. The molecule has 0 aliphatic carbocycles. The third-order valence-corrected chi connectivity index (χ3v) is 6.77. The van der Waals surface area contributed by atoms with Crippen LogP contribution in [0.1, 0.15) is 5.56 Å². The maximum atomic E-state index is 12.8. The first kappa shape index (κ1) is 17.0. The molecule has 1 aliphatic heterocycles. The Bertz CT molecular complexity index is 1030. The molecule has 2 aromatic carbocycles. The third-order valence-electron chi connectivity index (χ3n) is 4.85. The van der Waals surface area contributed by atoms with Crippen LogP contribution in [0.5, 0.6) is 0 Å². The number of fused-ring (bicyclic) bond motifs is 1. The summed E-state index contributed by atoms with van der Waals surface area (Å²) in [7, 11) is -3.42. The Balaban J connectivity index is 1.54. The molecule has 6 heteroatoms. The Morgan fingerprint density at radius 2 is 1.54 bits per heavy atom. The molecular formula is C20H21N3O2S. The van der Waals surface area contributed by atoms with E-state index in [1.807, 2.05) is 24.3 Å². The van der Waals surface area contributed by atoms with Gasteiger partial charge in [-0.05, 0) is 36.8 Å². The lowest BCUT2D eigenvalue weighted by molar-refractivity contribution is 0.384. The van der Waals surface area contributed by atoms with Crippen molar-refractivity contribution in [2.75, 3.05) is 31.1 Å². The third kappa shape index (κ3) is 3.06. The Morgan fingerprint density at radius 1 is 0.885 bits per heavy atom. The lowest BCUT2D eigenvalue weighted by atomic mass is 10.1. The average Bonchev–Trinajstić information content (AvgIpc) is 2.69. The number of aryl methyl sites for hydroxylation is 1. The highest BCUT2D eigenvalue weighted by Crippen LogP contribution is 2.24. The summed E-state index contributed by atoms with van der Waals surface area (Å²) in [5.41, 5.74) is 2.16. The molecule has 0 spiro atoms. The standard InChI is InChI=1S/C20H21N3O2S/c1-16-15-20(21-19-10-6-5-9-18(16)19)22-11-13-23(14-12-22)26(24,25)17-7-3-2-4-8-17/h2-10,15H,11-14H2,1H3. The quantitative estimate of drug-likeness (QED) is 0.714. The van der Waals surface area contributed by atoms with Crippen molar-refractivity contribution in [1.29, 1.82) is 0 Å². The molecule has 0 bridgehead atoms. The van der Waals surface area contributed by atoms with Crippen molar-refractivity contribution in [1.82, 2.24) is 9.29 Å². The van der Waals surface area contributed by atoms with E-state index in [0.29, 0.717) is 31.1 Å². The van der Waals surface area contributed by atoms with Crippen molar-refractivity contribution < 1.29 is 8.42 Å². The van der Waals surface area contributed by atoms with Crippen LogP contribution in [-0.4, -0.2) is 43.9 Å². The Morgan fingerprint density at radius 3 is 2.27 bits per heavy atom. The second-order valence-corrected chi connectivity index (χ2v) is 8.46. The lowest BCUT2D eigenvalue weighted by Crippen LogP contribution is -2.48. The van der Waals surface area contributed by atoms with E-state index in [4.69, 9.17) is 4.98 Å². The van der Waals surface area contributed by atoms with E-state index in [1.165, 1.54) is 5.56 Å². The first-order valence-corrected chi connectivity index (χ1v) is 10.2. The number of para-hydroxylation sites is 1. The van der Waals surface area contributed by atoms with Gasteiger partial charge in [0, 0.05) is 31.6 Å². The van der Waals surface area contributed by atoms with Crippen LogP contribution in [0.25, 0.3) is 10.9 Å². The summed E-state index contributed by atoms with van der Waals surface area (Å²) >= 11 is 0. The predicted molar refractivity (Wildman–Crippen MR) is 104 cm³/mol. The lowest BCUT2D eigenvalue weighted by Gasteiger charge is -2.35. The van der Waals surface area contributed by atoms with Gasteiger partial charge < -0.3 is 4.90 Å². The number of anilines is 1. The number of pyridine rings is 1. The maximum Gasteiger partial charge on any atom is 0.243 e. The zero-order valence-corrected chi connectivity index (χ0v) is 15.5. The zero-order chi connectivity index (χ0) is 18.1. The molecule has 26 heavy (non-hydrogen) atoms. The number of benzene rings is 2. The van der Waals surface area contributed by atoms with Crippen LogP contribution in [-0.2, 0) is 10.0 Å². The Kier molecular flexibility index (Phi) is 4.38. The predicted octanol–water partition coefficient (Wildman–Crippen LogP) is 3.05. The smallest absolute Gasteiger partial charge is 0.243 e. The van der Waals surface area contributed by atoms with Crippen LogP contribution in [0.4, 0.5) is 5.82 Å². The van der Waals surface area contributed by atoms with Crippen molar-refractivity contribution in [3.8, 4) is 0 Å². The van der Waals surface area contributed by atoms with E-state index in [-0.39, 0.29) is 0 Å². The number of piperazine rings is 1. The van der Waals surface area contributed by atoms with Crippen LogP contribution in [0.15, 0.2) is 65.6 Å². The summed E-state index contributed by atoms with van der Waals surface area (Å²) in [5.74, 6) is 0.915. The minimum atomic E-state index is -3.42. The van der Waals surface area contributed by atoms with Crippen LogP contribution in [0.2, 0.25) is 0 Å². The number of nitrogens with zero attached hydrogens (tertiary/aromatic N) is 3. The van der Waals surface area contributed by atoms with Crippen molar-refractivity contribution in [3.63, 3.8) is 0 Å². The number of sulfonamides is 1. The number of hydrogen-bond acceptors (Lipinski definition) is 4. The van der Waals surface area contributed by atoms with E-state index in [0.717, 1.165) is 16.7 Å². The largest absolute Gasteiger partial charge is 0.354 e. The molecule has 0 saturated carbocycles. The number of hydrogen-bond donors (Lipinski definition) is 0. The highest BCUT2D eigenvalue weighted by atomic mass is 32.2. The van der Waals surface area contributed by atoms with E-state index in [1.54, 1.807) is 28.6 Å². The van der Waals surface area contributed by atoms with Gasteiger partial charge in [-0.2, -0.15) is 4.31 Å². The molecule has 0 atom stereocenters. The van der Waals surface area contributed by atoms with Gasteiger partial charge in [-0.15, -0.1) is 0 Å². The normalized spacial score (nSPS) is 16.1. The van der Waals surface area contributed by atoms with Gasteiger partial charge in [-0.3, -0.25) is 0 Å². The maximum absolute atomic E-state index is 12.8. The molecule has 0 unspecified atom stereocenters. The molecule has 1 fully saturated rings. The van der Waals surface area contributed by atoms with Gasteiger partial charge in [-0.1, -0.05) is 36.4 Å². The SMILES string of the molecule is Cc1cc(N2CCN(S(=O)(=O)c3ccccc3)CC2)nc2ccccc12. The van der Waals surface area contributed by atoms with E-state index in [2.05, 4.69) is 24.0 Å². The second kappa shape index (κ2) is 6.70. The molecule has 4 rings (SSSR count). The molecule has 5 nitrogen and oxygen atoms in total. The zero-order valence-electron chi connectivity index (χ0n) is 14.7. The van der Waals surface area contributed by atoms with E-state index < -0.39 is 10.0 Å². The molecular weight excluding hydrogens is 346 g/mol. The summed E-state index contributed by atoms with van der Waals surface area (Å²) in [6, 6.07) is 18.8. The summed E-state index contributed by atoms with van der Waals surface area (Å²) in [5, 5.41) is 1.15. The van der Waals surface area contributed by atoms with Crippen LogP contribution in [0, 0.1) is 6.92 Å². The molecule has 0 amide bonds. The van der Waals surface area contributed by atoms with E-state index >= 15 is 0 Å². The van der Waals surface area contributed by atoms with Crippen LogP contribution < -0.4 is 4.90 Å². The molecule has 2 heterocycles. The molecule has 1 aliphatic rings. The first-order valence-electron chi connectivity index (χ1n) is 8.72. The first-order chi connectivity index (χ1) is 12.6. The molecule has 0 radical (unpaired) electrons. The van der Waals surface area contributed by atoms with Gasteiger partial charge >= 0.3 is 0 Å². The molecule has 134 valence electrons. The van der Waals surface area contributed by atoms with Gasteiger partial charge in [0.2, 0.25) is 10.0 Å². The average molecular weight is 367 g/mol. The van der Waals surface area contributed by atoms with Crippen LogP contribution >= 0.6 is 0 Å². The summed E-state index contributed by atoms with van der Waals surface area (Å²) in [6.07, 6.45) is 0. The highest BCUT2D eigenvalue weighted by molar-refractivity contribution is 7.89. The van der Waals surface area contributed by atoms with Crippen molar-refractivity contribution in [2.45, 2.75) is 11.8 Å². The fourth-order valence-electron chi connectivity index (χ4n) is 3.39. The fourth-order valence-corrected chi connectivity index (χ4v) is 4.84. The molecule has 1 aromatic heterocycles. The van der Waals surface area contributed by atoms with Crippen molar-refractivity contribution >= 4 is 26.7 Å². The van der Waals surface area contributed by atoms with Crippen molar-refractivity contribution in [3.05, 3.63) is 66.2 Å². The second-order valence-electron chi connectivity index (χ2n) is 6.52. The summed E-state index contributed by atoms with van der Waals surface area (Å²) < 4.78 is 27.1. The molecule has 1 saturated heterocycles. The molecule has 3 aromatic rings. The number of rotatable bonds is 3. The Labute approximate surface area is 153 Å².